The average Bonchev–Trinajstić information content (AvgIpc) is 2.82. The molecular formula is C15H16ClFN4O2S. The van der Waals surface area contributed by atoms with Crippen molar-refractivity contribution in [3.8, 4) is 0 Å². The molecule has 1 saturated heterocycles. The average molecular weight is 371 g/mol. The third kappa shape index (κ3) is 3.66. The van der Waals surface area contributed by atoms with Gasteiger partial charge < -0.3 is 4.90 Å². The number of nitrogens with zero attached hydrogens (tertiary/aromatic N) is 4. The lowest BCUT2D eigenvalue weighted by molar-refractivity contribution is 0.433. The second kappa shape index (κ2) is 7.00. The molecule has 0 spiro atoms. The van der Waals surface area contributed by atoms with Gasteiger partial charge in [0.2, 0.25) is 10.0 Å². The molecule has 24 heavy (non-hydrogen) atoms. The number of benzene rings is 1. The maximum absolute atomic E-state index is 13.0. The highest BCUT2D eigenvalue weighted by Crippen LogP contribution is 2.20. The normalized spacial score (nSPS) is 16.8. The Kier molecular flexibility index (Phi) is 4.98. The first-order chi connectivity index (χ1) is 11.5. The zero-order valence-electron chi connectivity index (χ0n) is 12.8. The molecule has 128 valence electrons. The first-order valence-corrected chi connectivity index (χ1v) is 9.27. The molecule has 2 heterocycles. The summed E-state index contributed by atoms with van der Waals surface area (Å²) in [6.07, 6.45) is 3.71. The van der Waals surface area contributed by atoms with E-state index in [1.54, 1.807) is 6.20 Å². The topological polar surface area (TPSA) is 66.4 Å². The van der Waals surface area contributed by atoms with Crippen LogP contribution >= 0.6 is 11.6 Å². The van der Waals surface area contributed by atoms with Crippen molar-refractivity contribution in [2.45, 2.75) is 11.3 Å². The number of sulfonamides is 1. The van der Waals surface area contributed by atoms with Crippen molar-refractivity contribution in [2.24, 2.45) is 0 Å². The van der Waals surface area contributed by atoms with Gasteiger partial charge in [-0.15, -0.1) is 0 Å². The molecule has 0 N–H and O–H groups in total. The third-order valence-corrected chi connectivity index (χ3v) is 5.92. The fourth-order valence-corrected chi connectivity index (χ4v) is 4.22. The number of rotatable bonds is 3. The van der Waals surface area contributed by atoms with Gasteiger partial charge in [0, 0.05) is 26.2 Å². The van der Waals surface area contributed by atoms with Crippen molar-refractivity contribution in [2.75, 3.05) is 31.1 Å². The van der Waals surface area contributed by atoms with E-state index < -0.39 is 15.8 Å². The molecule has 0 saturated carbocycles. The lowest BCUT2D eigenvalue weighted by atomic mass is 10.4. The van der Waals surface area contributed by atoms with E-state index in [9.17, 15) is 12.8 Å². The van der Waals surface area contributed by atoms with Gasteiger partial charge in [0.15, 0.2) is 0 Å². The SMILES string of the molecule is O=S(=O)(c1ccc(F)cc1)N1CCCN(c2cncc(Cl)n2)CC1. The third-order valence-electron chi connectivity index (χ3n) is 3.82. The summed E-state index contributed by atoms with van der Waals surface area (Å²) >= 11 is 5.86. The molecule has 1 aliphatic rings. The van der Waals surface area contributed by atoms with Crippen molar-refractivity contribution < 1.29 is 12.8 Å². The van der Waals surface area contributed by atoms with Crippen LogP contribution in [-0.4, -0.2) is 48.9 Å². The second-order valence-electron chi connectivity index (χ2n) is 5.40. The summed E-state index contributed by atoms with van der Waals surface area (Å²) in [5.74, 6) is 0.166. The van der Waals surface area contributed by atoms with Crippen LogP contribution in [0.5, 0.6) is 0 Å². The molecule has 0 aliphatic carbocycles. The molecule has 0 radical (unpaired) electrons. The highest BCUT2D eigenvalue weighted by atomic mass is 35.5. The van der Waals surface area contributed by atoms with Gasteiger partial charge in [-0.1, -0.05) is 11.6 Å². The smallest absolute Gasteiger partial charge is 0.243 e. The van der Waals surface area contributed by atoms with Gasteiger partial charge in [0.1, 0.15) is 16.8 Å². The monoisotopic (exact) mass is 370 g/mol. The molecule has 0 bridgehead atoms. The molecule has 2 aromatic rings. The van der Waals surface area contributed by atoms with Gasteiger partial charge in [-0.05, 0) is 30.7 Å². The van der Waals surface area contributed by atoms with E-state index in [0.29, 0.717) is 43.6 Å². The minimum Gasteiger partial charge on any atom is -0.354 e. The van der Waals surface area contributed by atoms with Gasteiger partial charge in [0.05, 0.1) is 17.3 Å². The Bertz CT molecular complexity index is 816. The van der Waals surface area contributed by atoms with Crippen LogP contribution in [-0.2, 0) is 10.0 Å². The largest absolute Gasteiger partial charge is 0.354 e. The maximum atomic E-state index is 13.0. The highest BCUT2D eigenvalue weighted by Gasteiger charge is 2.27. The van der Waals surface area contributed by atoms with Gasteiger partial charge in [-0.2, -0.15) is 4.31 Å². The first-order valence-electron chi connectivity index (χ1n) is 7.45. The fourth-order valence-electron chi connectivity index (χ4n) is 2.60. The number of anilines is 1. The van der Waals surface area contributed by atoms with Crippen LogP contribution in [0.3, 0.4) is 0 Å². The molecule has 0 unspecified atom stereocenters. The number of halogens is 2. The minimum atomic E-state index is -3.64. The summed E-state index contributed by atoms with van der Waals surface area (Å²) in [6, 6.07) is 4.88. The van der Waals surface area contributed by atoms with E-state index in [4.69, 9.17) is 11.6 Å². The molecule has 1 aromatic heterocycles. The summed E-state index contributed by atoms with van der Waals surface area (Å²) in [7, 11) is -3.64. The van der Waals surface area contributed by atoms with Gasteiger partial charge in [-0.3, -0.25) is 4.98 Å². The summed E-state index contributed by atoms with van der Waals surface area (Å²) in [4.78, 5) is 10.3. The molecule has 1 fully saturated rings. The van der Waals surface area contributed by atoms with Crippen molar-refractivity contribution in [3.05, 3.63) is 47.6 Å². The zero-order chi connectivity index (χ0) is 17.2. The van der Waals surface area contributed by atoms with Crippen LogP contribution in [0, 0.1) is 5.82 Å². The van der Waals surface area contributed by atoms with Crippen LogP contribution < -0.4 is 4.90 Å². The van der Waals surface area contributed by atoms with Crippen LogP contribution in [0.1, 0.15) is 6.42 Å². The van der Waals surface area contributed by atoms with Crippen molar-refractivity contribution in [3.63, 3.8) is 0 Å². The van der Waals surface area contributed by atoms with Crippen LogP contribution in [0.2, 0.25) is 5.15 Å². The Morgan fingerprint density at radius 3 is 2.50 bits per heavy atom. The van der Waals surface area contributed by atoms with Crippen molar-refractivity contribution in [1.82, 2.24) is 14.3 Å². The first kappa shape index (κ1) is 17.1. The van der Waals surface area contributed by atoms with Gasteiger partial charge >= 0.3 is 0 Å². The predicted octanol–water partition coefficient (Wildman–Crippen LogP) is 2.17. The van der Waals surface area contributed by atoms with Crippen molar-refractivity contribution >= 4 is 27.4 Å². The van der Waals surface area contributed by atoms with Crippen LogP contribution in [0.25, 0.3) is 0 Å². The van der Waals surface area contributed by atoms with E-state index in [2.05, 4.69) is 9.97 Å². The standard InChI is InChI=1S/C15H16ClFN4O2S/c16-14-10-18-11-15(19-14)20-6-1-7-21(9-8-20)24(22,23)13-4-2-12(17)3-5-13/h2-5,10-11H,1,6-9H2. The Hall–Kier alpha value is -1.77. The molecule has 9 heteroatoms. The number of hydrogen-bond acceptors (Lipinski definition) is 5. The number of aromatic nitrogens is 2. The lowest BCUT2D eigenvalue weighted by Crippen LogP contribution is -2.35. The minimum absolute atomic E-state index is 0.0971. The molecule has 6 nitrogen and oxygen atoms in total. The van der Waals surface area contributed by atoms with E-state index in [0.717, 1.165) is 12.1 Å². The summed E-state index contributed by atoms with van der Waals surface area (Å²) in [6.45, 7) is 1.85. The van der Waals surface area contributed by atoms with Crippen LogP contribution in [0.15, 0.2) is 41.6 Å². The molecule has 0 amide bonds. The van der Waals surface area contributed by atoms with Crippen LogP contribution in [0.4, 0.5) is 10.2 Å². The lowest BCUT2D eigenvalue weighted by Gasteiger charge is -2.22. The predicted molar refractivity (Wildman–Crippen MR) is 89.0 cm³/mol. The second-order valence-corrected chi connectivity index (χ2v) is 7.72. The molecule has 3 rings (SSSR count). The van der Waals surface area contributed by atoms with E-state index in [-0.39, 0.29) is 4.90 Å². The molecule has 0 atom stereocenters. The van der Waals surface area contributed by atoms with E-state index in [1.165, 1.54) is 22.6 Å². The molecule has 1 aromatic carbocycles. The molecule has 1 aliphatic heterocycles. The van der Waals surface area contributed by atoms with Crippen molar-refractivity contribution in [1.29, 1.82) is 0 Å². The zero-order valence-corrected chi connectivity index (χ0v) is 14.3. The Morgan fingerprint density at radius 1 is 1.04 bits per heavy atom. The summed E-state index contributed by atoms with van der Waals surface area (Å²) < 4.78 is 39.8. The van der Waals surface area contributed by atoms with Gasteiger partial charge in [0.25, 0.3) is 0 Å². The van der Waals surface area contributed by atoms with E-state index in [1.807, 2.05) is 4.90 Å². The summed E-state index contributed by atoms with van der Waals surface area (Å²) in [5.41, 5.74) is 0. The molecular weight excluding hydrogens is 355 g/mol. The Morgan fingerprint density at radius 2 is 1.79 bits per heavy atom. The Balaban J connectivity index is 1.76. The number of hydrogen-bond donors (Lipinski definition) is 0. The van der Waals surface area contributed by atoms with Gasteiger partial charge in [-0.25, -0.2) is 17.8 Å². The highest BCUT2D eigenvalue weighted by molar-refractivity contribution is 7.89. The Labute approximate surface area is 144 Å². The summed E-state index contributed by atoms with van der Waals surface area (Å²) in [5, 5.41) is 0.299. The fraction of sp³-hybridized carbons (Fsp3) is 0.333. The quantitative estimate of drug-likeness (QED) is 0.828. The van der Waals surface area contributed by atoms with E-state index >= 15 is 0 Å². The maximum Gasteiger partial charge on any atom is 0.243 e.